The number of sulfonamides is 1. The first-order chi connectivity index (χ1) is 10.9. The molecule has 1 aliphatic heterocycles. The molecule has 1 aliphatic rings. The van der Waals surface area contributed by atoms with E-state index in [0.717, 1.165) is 12.1 Å². The summed E-state index contributed by atoms with van der Waals surface area (Å²) in [5, 5.41) is 4.95. The average Bonchev–Trinajstić information content (AvgIpc) is 2.93. The average molecular weight is 330 g/mol. The lowest BCUT2D eigenvalue weighted by Gasteiger charge is -2.17. The van der Waals surface area contributed by atoms with Gasteiger partial charge in [-0.25, -0.2) is 13.6 Å². The molecule has 2 aromatic carbocycles. The molecule has 0 aliphatic carbocycles. The first-order valence-electron chi connectivity index (χ1n) is 7.78. The molecule has 0 saturated carbocycles. The van der Waals surface area contributed by atoms with Crippen LogP contribution >= 0.6 is 0 Å². The van der Waals surface area contributed by atoms with Gasteiger partial charge in [-0.1, -0.05) is 60.2 Å². The molecule has 0 aromatic heterocycles. The highest BCUT2D eigenvalue weighted by Crippen LogP contribution is 2.32. The monoisotopic (exact) mass is 330 g/mol. The third-order valence-corrected chi connectivity index (χ3v) is 5.84. The van der Waals surface area contributed by atoms with Crippen LogP contribution in [0.1, 0.15) is 22.6 Å². The van der Waals surface area contributed by atoms with Crippen molar-refractivity contribution in [1.82, 2.24) is 4.90 Å². The van der Waals surface area contributed by atoms with Gasteiger partial charge in [0, 0.05) is 25.6 Å². The Labute approximate surface area is 138 Å². The van der Waals surface area contributed by atoms with Crippen molar-refractivity contribution in [3.05, 3.63) is 71.3 Å². The minimum Gasteiger partial charge on any atom is -0.297 e. The van der Waals surface area contributed by atoms with Crippen molar-refractivity contribution in [2.75, 3.05) is 13.1 Å². The van der Waals surface area contributed by atoms with Crippen LogP contribution in [0.5, 0.6) is 0 Å². The van der Waals surface area contributed by atoms with Crippen LogP contribution < -0.4 is 5.14 Å². The van der Waals surface area contributed by atoms with E-state index in [2.05, 4.69) is 17.0 Å². The SMILES string of the molecule is Cc1ccc([C@@H]2CN(Cc3ccccc3)C[C@H]2S(N)(=O)=O)cc1. The van der Waals surface area contributed by atoms with E-state index in [1.54, 1.807) is 0 Å². The Morgan fingerprint density at radius 3 is 2.30 bits per heavy atom. The Balaban J connectivity index is 1.84. The van der Waals surface area contributed by atoms with E-state index >= 15 is 0 Å². The standard InChI is InChI=1S/C18H22N2O2S/c1-14-7-9-16(10-8-14)17-12-20(13-18(17)23(19,21)22)11-15-5-3-2-4-6-15/h2-10,17-18H,11-13H2,1H3,(H2,19,21,22)/t17-,18+/m0/s1. The van der Waals surface area contributed by atoms with Crippen LogP contribution in [0, 0.1) is 6.92 Å². The van der Waals surface area contributed by atoms with Crippen LogP contribution in [0.15, 0.2) is 54.6 Å². The Morgan fingerprint density at radius 2 is 1.70 bits per heavy atom. The Kier molecular flexibility index (Phi) is 4.53. The predicted octanol–water partition coefficient (Wildman–Crippen LogP) is 2.25. The molecule has 1 heterocycles. The molecule has 1 saturated heterocycles. The van der Waals surface area contributed by atoms with Crippen LogP contribution in [0.3, 0.4) is 0 Å². The van der Waals surface area contributed by atoms with Crippen LogP contribution in [-0.4, -0.2) is 31.7 Å². The molecule has 1 fully saturated rings. The molecule has 2 N–H and O–H groups in total. The van der Waals surface area contributed by atoms with E-state index in [-0.39, 0.29) is 5.92 Å². The minimum absolute atomic E-state index is 0.0747. The maximum absolute atomic E-state index is 12.0. The molecular weight excluding hydrogens is 308 g/mol. The lowest BCUT2D eigenvalue weighted by molar-refractivity contribution is 0.327. The number of rotatable bonds is 4. The molecule has 122 valence electrons. The molecule has 2 atom stereocenters. The quantitative estimate of drug-likeness (QED) is 0.935. The van der Waals surface area contributed by atoms with Crippen LogP contribution in [0.4, 0.5) is 0 Å². The van der Waals surface area contributed by atoms with Gasteiger partial charge in [0.1, 0.15) is 0 Å². The second-order valence-corrected chi connectivity index (χ2v) is 8.11. The van der Waals surface area contributed by atoms with Crippen molar-refractivity contribution in [2.24, 2.45) is 5.14 Å². The second-order valence-electron chi connectivity index (χ2n) is 6.32. The molecule has 23 heavy (non-hydrogen) atoms. The summed E-state index contributed by atoms with van der Waals surface area (Å²) < 4.78 is 24.1. The molecule has 0 unspecified atom stereocenters. The molecule has 2 aromatic rings. The number of likely N-dealkylation sites (tertiary alicyclic amines) is 1. The van der Waals surface area contributed by atoms with E-state index in [0.29, 0.717) is 13.1 Å². The van der Waals surface area contributed by atoms with Gasteiger partial charge in [0.25, 0.3) is 0 Å². The summed E-state index contributed by atoms with van der Waals surface area (Å²) in [6.45, 7) is 3.96. The summed E-state index contributed by atoms with van der Waals surface area (Å²) in [6.07, 6.45) is 0. The topological polar surface area (TPSA) is 63.4 Å². The van der Waals surface area contributed by atoms with Crippen LogP contribution in [0.2, 0.25) is 0 Å². The molecule has 0 bridgehead atoms. The Morgan fingerprint density at radius 1 is 1.04 bits per heavy atom. The van der Waals surface area contributed by atoms with E-state index in [1.165, 1.54) is 11.1 Å². The maximum atomic E-state index is 12.0. The van der Waals surface area contributed by atoms with E-state index in [4.69, 9.17) is 5.14 Å². The third-order valence-electron chi connectivity index (χ3n) is 4.52. The van der Waals surface area contributed by atoms with E-state index in [1.807, 2.05) is 49.4 Å². The minimum atomic E-state index is -3.58. The Bertz CT molecular complexity index is 757. The normalized spacial score (nSPS) is 22.3. The van der Waals surface area contributed by atoms with Crippen molar-refractivity contribution in [3.8, 4) is 0 Å². The van der Waals surface area contributed by atoms with Gasteiger partial charge >= 0.3 is 0 Å². The predicted molar refractivity (Wildman–Crippen MR) is 92.5 cm³/mol. The van der Waals surface area contributed by atoms with Gasteiger partial charge in [-0.05, 0) is 18.1 Å². The molecule has 4 nitrogen and oxygen atoms in total. The summed E-state index contributed by atoms with van der Waals surface area (Å²) in [5.74, 6) is -0.0747. The molecule has 0 amide bonds. The summed E-state index contributed by atoms with van der Waals surface area (Å²) in [4.78, 5) is 2.18. The summed E-state index contributed by atoms with van der Waals surface area (Å²) in [7, 11) is -3.58. The van der Waals surface area contributed by atoms with Gasteiger partial charge in [-0.3, -0.25) is 4.90 Å². The van der Waals surface area contributed by atoms with Crippen LogP contribution in [-0.2, 0) is 16.6 Å². The summed E-state index contributed by atoms with van der Waals surface area (Å²) in [6, 6.07) is 18.2. The zero-order valence-electron chi connectivity index (χ0n) is 13.2. The largest absolute Gasteiger partial charge is 0.297 e. The summed E-state index contributed by atoms with van der Waals surface area (Å²) >= 11 is 0. The van der Waals surface area contributed by atoms with Gasteiger partial charge in [-0.2, -0.15) is 0 Å². The fourth-order valence-electron chi connectivity index (χ4n) is 3.29. The zero-order valence-corrected chi connectivity index (χ0v) is 14.0. The number of nitrogens with zero attached hydrogens (tertiary/aromatic N) is 1. The lowest BCUT2D eigenvalue weighted by Crippen LogP contribution is -2.34. The van der Waals surface area contributed by atoms with Crippen molar-refractivity contribution in [3.63, 3.8) is 0 Å². The fraction of sp³-hybridized carbons (Fsp3) is 0.333. The molecule has 0 spiro atoms. The van der Waals surface area contributed by atoms with Gasteiger partial charge in [0.05, 0.1) is 5.25 Å². The second kappa shape index (κ2) is 6.43. The number of hydrogen-bond acceptors (Lipinski definition) is 3. The maximum Gasteiger partial charge on any atom is 0.213 e. The van der Waals surface area contributed by atoms with E-state index in [9.17, 15) is 8.42 Å². The molecule has 0 radical (unpaired) electrons. The van der Waals surface area contributed by atoms with Crippen molar-refractivity contribution < 1.29 is 8.42 Å². The molecule has 5 heteroatoms. The number of nitrogens with two attached hydrogens (primary N) is 1. The highest BCUT2D eigenvalue weighted by atomic mass is 32.2. The van der Waals surface area contributed by atoms with Crippen molar-refractivity contribution >= 4 is 10.0 Å². The van der Waals surface area contributed by atoms with Crippen molar-refractivity contribution in [1.29, 1.82) is 0 Å². The van der Waals surface area contributed by atoms with Gasteiger partial charge in [0.2, 0.25) is 10.0 Å². The van der Waals surface area contributed by atoms with Crippen molar-refractivity contribution in [2.45, 2.75) is 24.6 Å². The lowest BCUT2D eigenvalue weighted by atomic mass is 9.97. The van der Waals surface area contributed by atoms with Crippen LogP contribution in [0.25, 0.3) is 0 Å². The third kappa shape index (κ3) is 3.80. The Hall–Kier alpha value is -1.69. The van der Waals surface area contributed by atoms with E-state index < -0.39 is 15.3 Å². The molecule has 3 rings (SSSR count). The zero-order chi connectivity index (χ0) is 16.4. The van der Waals surface area contributed by atoms with Gasteiger partial charge in [0.15, 0.2) is 0 Å². The number of hydrogen-bond donors (Lipinski definition) is 1. The summed E-state index contributed by atoms with van der Waals surface area (Å²) in [5.41, 5.74) is 3.40. The molecular formula is C18H22N2O2S. The first-order valence-corrected chi connectivity index (χ1v) is 9.39. The highest BCUT2D eigenvalue weighted by Gasteiger charge is 2.40. The first kappa shape index (κ1) is 16.2. The highest BCUT2D eigenvalue weighted by molar-refractivity contribution is 7.89. The van der Waals surface area contributed by atoms with Gasteiger partial charge in [-0.15, -0.1) is 0 Å². The number of aryl methyl sites for hydroxylation is 1. The number of primary sulfonamides is 1. The van der Waals surface area contributed by atoms with Gasteiger partial charge < -0.3 is 0 Å². The fourth-order valence-corrected chi connectivity index (χ4v) is 4.41. The number of benzene rings is 2. The smallest absolute Gasteiger partial charge is 0.213 e.